The normalized spacial score (nSPS) is 19.1. The highest BCUT2D eigenvalue weighted by molar-refractivity contribution is 7.89. The van der Waals surface area contributed by atoms with Crippen molar-refractivity contribution < 1.29 is 41.1 Å². The smallest absolute Gasteiger partial charge is 0.322 e. The van der Waals surface area contributed by atoms with Crippen LogP contribution in [-0.4, -0.2) is 90.5 Å². The van der Waals surface area contributed by atoms with Crippen LogP contribution in [0, 0.1) is 0 Å². The fourth-order valence-electron chi connectivity index (χ4n) is 5.57. The second kappa shape index (κ2) is 14.1. The van der Waals surface area contributed by atoms with Crippen LogP contribution in [0.25, 0.3) is 10.4 Å². The van der Waals surface area contributed by atoms with E-state index in [9.17, 15) is 41.1 Å². The maximum absolute atomic E-state index is 13.9. The van der Waals surface area contributed by atoms with Crippen LogP contribution in [0.5, 0.6) is 0 Å². The molecule has 0 spiro atoms. The van der Waals surface area contributed by atoms with Crippen LogP contribution in [0.4, 0.5) is 11.4 Å². The van der Waals surface area contributed by atoms with Crippen molar-refractivity contribution >= 4 is 55.1 Å². The number of benzene rings is 2. The Labute approximate surface area is 283 Å². The standard InChI is InChI=1S/C30H38N8O9S2/c1-29(2,27(42)32-19-11-5-8-16-24(19)49(46,47)38-18-10-14-22(38)26(40)41)34-25(39)21-13-9-17-37(21)48(44,45)23-15-7-6-12-20(23)33-28(43)30(3,4)35-36-31/h5-8,11-12,15-16,21-22H,9-10,13-14,17-18H2,1-4H3,(H,32,42)(H,33,43)(H,34,39)(H,40,41). The Morgan fingerprint density at radius 1 is 0.796 bits per heavy atom. The molecule has 19 heteroatoms. The number of amides is 3. The Morgan fingerprint density at radius 3 is 1.73 bits per heavy atom. The van der Waals surface area contributed by atoms with Gasteiger partial charge < -0.3 is 21.1 Å². The van der Waals surface area contributed by atoms with Crippen molar-refractivity contribution in [2.75, 3.05) is 23.7 Å². The summed E-state index contributed by atoms with van der Waals surface area (Å²) in [6.07, 6.45) is 0.948. The van der Waals surface area contributed by atoms with E-state index in [-0.39, 0.29) is 47.1 Å². The van der Waals surface area contributed by atoms with Crippen molar-refractivity contribution in [1.29, 1.82) is 0 Å². The van der Waals surface area contributed by atoms with Gasteiger partial charge in [0.25, 0.3) is 0 Å². The highest BCUT2D eigenvalue weighted by Crippen LogP contribution is 2.33. The lowest BCUT2D eigenvalue weighted by Crippen LogP contribution is -2.57. The molecule has 2 atom stereocenters. The van der Waals surface area contributed by atoms with Gasteiger partial charge in [0.15, 0.2) is 0 Å². The minimum Gasteiger partial charge on any atom is -0.480 e. The highest BCUT2D eigenvalue weighted by Gasteiger charge is 2.44. The number of anilines is 2. The molecule has 2 fully saturated rings. The average Bonchev–Trinajstić information content (AvgIpc) is 3.73. The minimum absolute atomic E-state index is 0.00545. The lowest BCUT2D eigenvalue weighted by atomic mass is 10.0. The van der Waals surface area contributed by atoms with Crippen molar-refractivity contribution in [3.05, 3.63) is 59.0 Å². The maximum Gasteiger partial charge on any atom is 0.322 e. The van der Waals surface area contributed by atoms with Crippen LogP contribution < -0.4 is 16.0 Å². The molecule has 0 aromatic heterocycles. The van der Waals surface area contributed by atoms with Crippen molar-refractivity contribution in [3.8, 4) is 0 Å². The van der Waals surface area contributed by atoms with Crippen molar-refractivity contribution in [3.63, 3.8) is 0 Å². The second-order valence-corrected chi connectivity index (χ2v) is 16.4. The first-order valence-corrected chi connectivity index (χ1v) is 18.2. The van der Waals surface area contributed by atoms with Gasteiger partial charge in [0.2, 0.25) is 37.8 Å². The number of para-hydroxylation sites is 2. The third kappa shape index (κ3) is 7.70. The fraction of sp³-hybridized carbons (Fsp3) is 0.467. The molecule has 2 saturated heterocycles. The van der Waals surface area contributed by atoms with Gasteiger partial charge in [-0.05, 0) is 83.2 Å². The first-order valence-electron chi connectivity index (χ1n) is 15.3. The fourth-order valence-corrected chi connectivity index (χ4v) is 9.17. The molecule has 3 amide bonds. The molecule has 2 aliphatic rings. The molecule has 0 saturated carbocycles. The van der Waals surface area contributed by atoms with Gasteiger partial charge in [-0.3, -0.25) is 19.2 Å². The third-order valence-electron chi connectivity index (χ3n) is 8.29. The molecular weight excluding hydrogens is 681 g/mol. The lowest BCUT2D eigenvalue weighted by Gasteiger charge is -2.30. The summed E-state index contributed by atoms with van der Waals surface area (Å²) in [5.74, 6) is -3.64. The zero-order chi connectivity index (χ0) is 36.4. The van der Waals surface area contributed by atoms with E-state index in [0.29, 0.717) is 12.8 Å². The van der Waals surface area contributed by atoms with E-state index >= 15 is 0 Å². The van der Waals surface area contributed by atoms with Gasteiger partial charge in [-0.15, -0.1) is 0 Å². The molecule has 4 N–H and O–H groups in total. The summed E-state index contributed by atoms with van der Waals surface area (Å²) >= 11 is 0. The van der Waals surface area contributed by atoms with Gasteiger partial charge in [-0.1, -0.05) is 29.4 Å². The second-order valence-electron chi connectivity index (χ2n) is 12.6. The van der Waals surface area contributed by atoms with E-state index in [1.807, 2.05) is 0 Å². The molecule has 2 aromatic rings. The van der Waals surface area contributed by atoms with Gasteiger partial charge >= 0.3 is 5.97 Å². The number of rotatable bonds is 12. The van der Waals surface area contributed by atoms with E-state index < -0.39 is 66.9 Å². The predicted octanol–water partition coefficient (Wildman–Crippen LogP) is 2.64. The van der Waals surface area contributed by atoms with E-state index in [0.717, 1.165) is 8.61 Å². The SMILES string of the molecule is CC(C)(N=[N+]=[N-])C(=O)Nc1ccccc1S(=O)(=O)N1CCCC1C(=O)NC(C)(C)C(=O)Nc1ccccc1S(=O)(=O)N1CCCC1C(=O)O. The van der Waals surface area contributed by atoms with Crippen LogP contribution in [0.3, 0.4) is 0 Å². The Bertz CT molecular complexity index is 1930. The number of nitrogens with one attached hydrogen (secondary N) is 3. The number of carbonyl (C=O) groups excluding carboxylic acids is 3. The molecule has 49 heavy (non-hydrogen) atoms. The number of hydrogen-bond acceptors (Lipinski definition) is 9. The summed E-state index contributed by atoms with van der Waals surface area (Å²) in [5, 5.41) is 20.6. The Morgan fingerprint density at radius 2 is 1.24 bits per heavy atom. The van der Waals surface area contributed by atoms with Gasteiger partial charge in [-0.2, -0.15) is 8.61 Å². The molecule has 0 aliphatic carbocycles. The molecule has 0 bridgehead atoms. The van der Waals surface area contributed by atoms with Crippen LogP contribution >= 0.6 is 0 Å². The number of aliphatic carboxylic acids is 1. The van der Waals surface area contributed by atoms with Crippen LogP contribution in [-0.2, 0) is 39.2 Å². The van der Waals surface area contributed by atoms with Gasteiger partial charge in [0.1, 0.15) is 33.0 Å². The van der Waals surface area contributed by atoms with E-state index in [2.05, 4.69) is 26.0 Å². The first kappa shape index (κ1) is 37.3. The quantitative estimate of drug-likeness (QED) is 0.143. The average molecular weight is 719 g/mol. The van der Waals surface area contributed by atoms with Crippen LogP contribution in [0.15, 0.2) is 63.4 Å². The molecule has 2 heterocycles. The number of nitrogens with zero attached hydrogens (tertiary/aromatic N) is 5. The Kier molecular flexibility index (Phi) is 10.7. The number of hydrogen-bond donors (Lipinski definition) is 4. The van der Waals surface area contributed by atoms with Crippen molar-refractivity contribution in [2.24, 2.45) is 5.11 Å². The molecule has 17 nitrogen and oxygen atoms in total. The zero-order valence-electron chi connectivity index (χ0n) is 27.3. The van der Waals surface area contributed by atoms with E-state index in [1.54, 1.807) is 0 Å². The lowest BCUT2D eigenvalue weighted by molar-refractivity contribution is -0.140. The van der Waals surface area contributed by atoms with Gasteiger partial charge in [-0.25, -0.2) is 16.8 Å². The number of azide groups is 1. The molecular formula is C30H38N8O9S2. The summed E-state index contributed by atoms with van der Waals surface area (Å²) in [6.45, 7) is 5.41. The highest BCUT2D eigenvalue weighted by atomic mass is 32.2. The largest absolute Gasteiger partial charge is 0.480 e. The molecule has 2 aliphatic heterocycles. The maximum atomic E-state index is 13.9. The van der Waals surface area contributed by atoms with Crippen LogP contribution in [0.1, 0.15) is 53.4 Å². The molecule has 2 unspecified atom stereocenters. The number of sulfonamides is 2. The summed E-state index contributed by atoms with van der Waals surface area (Å²) in [6, 6.07) is 8.60. The summed E-state index contributed by atoms with van der Waals surface area (Å²) in [4.78, 5) is 53.6. The molecule has 264 valence electrons. The summed E-state index contributed by atoms with van der Waals surface area (Å²) in [7, 11) is -8.73. The molecule has 2 aromatic carbocycles. The number of carboxylic acids is 1. The number of carbonyl (C=O) groups is 4. The first-order chi connectivity index (χ1) is 22.8. The minimum atomic E-state index is -4.39. The zero-order valence-corrected chi connectivity index (χ0v) is 28.9. The van der Waals surface area contributed by atoms with Gasteiger partial charge in [0, 0.05) is 18.0 Å². The van der Waals surface area contributed by atoms with Crippen molar-refractivity contribution in [1.82, 2.24) is 13.9 Å². The monoisotopic (exact) mass is 718 g/mol. The number of carboxylic acid groups (broad SMARTS) is 1. The van der Waals surface area contributed by atoms with E-state index in [1.165, 1.54) is 76.2 Å². The predicted molar refractivity (Wildman–Crippen MR) is 177 cm³/mol. The Hall–Kier alpha value is -4.55. The van der Waals surface area contributed by atoms with Gasteiger partial charge in [0.05, 0.1) is 11.4 Å². The molecule has 0 radical (unpaired) electrons. The molecule has 4 rings (SSSR count). The van der Waals surface area contributed by atoms with Crippen LogP contribution in [0.2, 0.25) is 0 Å². The van der Waals surface area contributed by atoms with Crippen molar-refractivity contribution in [2.45, 2.75) is 86.3 Å². The topological polar surface area (TPSA) is 248 Å². The summed E-state index contributed by atoms with van der Waals surface area (Å²) in [5.41, 5.74) is 5.37. The summed E-state index contributed by atoms with van der Waals surface area (Å²) < 4.78 is 56.7. The Balaban J connectivity index is 1.53. The third-order valence-corrected chi connectivity index (χ3v) is 12.2. The van der Waals surface area contributed by atoms with E-state index in [4.69, 9.17) is 5.53 Å².